The van der Waals surface area contributed by atoms with Gasteiger partial charge in [-0.25, -0.2) is 4.79 Å². The number of nitrogens with two attached hydrogens (primary N) is 1. The normalized spacial score (nSPS) is 16.8. The average Bonchev–Trinajstić information content (AvgIpc) is 3.03. The Morgan fingerprint density at radius 3 is 2.44 bits per heavy atom. The fraction of sp³-hybridized carbons (Fsp3) is 0.600. The first-order valence-corrected chi connectivity index (χ1v) is 9.47. The first-order chi connectivity index (χ1) is 11.9. The number of imide groups is 1. The second kappa shape index (κ2) is 8.99. The van der Waals surface area contributed by atoms with Gasteiger partial charge in [-0.15, -0.1) is 0 Å². The van der Waals surface area contributed by atoms with Gasteiger partial charge in [-0.05, 0) is 25.3 Å². The summed E-state index contributed by atoms with van der Waals surface area (Å²) < 4.78 is 0. The first kappa shape index (κ1) is 19.4. The molecule has 138 valence electrons. The van der Waals surface area contributed by atoms with E-state index in [0.717, 1.165) is 6.42 Å². The Morgan fingerprint density at radius 2 is 1.92 bits per heavy atom. The number of nitrogens with one attached hydrogen (secondary N) is 1. The Labute approximate surface area is 151 Å². The molecular formula is C20H32N3O2+. The van der Waals surface area contributed by atoms with E-state index in [1.165, 1.54) is 28.9 Å². The van der Waals surface area contributed by atoms with Gasteiger partial charge in [-0.1, -0.05) is 51.5 Å². The monoisotopic (exact) mass is 346 g/mol. The maximum atomic E-state index is 12.6. The summed E-state index contributed by atoms with van der Waals surface area (Å²) in [7, 11) is 0. The second-order valence-electron chi connectivity index (χ2n) is 7.32. The Balaban J connectivity index is 2.04. The fourth-order valence-electron chi connectivity index (χ4n) is 3.33. The van der Waals surface area contributed by atoms with Crippen molar-refractivity contribution >= 4 is 11.9 Å². The van der Waals surface area contributed by atoms with Crippen molar-refractivity contribution in [1.29, 1.82) is 0 Å². The van der Waals surface area contributed by atoms with Gasteiger partial charge >= 0.3 is 6.03 Å². The molecule has 25 heavy (non-hydrogen) atoms. The third-order valence-electron chi connectivity index (χ3n) is 4.91. The number of hydrogen-bond acceptors (Lipinski definition) is 2. The van der Waals surface area contributed by atoms with Crippen LogP contribution in [0.3, 0.4) is 0 Å². The molecular weight excluding hydrogens is 314 g/mol. The molecule has 0 saturated carbocycles. The highest BCUT2D eigenvalue weighted by atomic mass is 16.2. The molecule has 0 radical (unpaired) electrons. The molecule has 2 rings (SSSR count). The summed E-state index contributed by atoms with van der Waals surface area (Å²) in [5.74, 6) is 0.282. The molecule has 1 saturated heterocycles. The summed E-state index contributed by atoms with van der Waals surface area (Å²) in [6.45, 7) is 9.45. The van der Waals surface area contributed by atoms with E-state index in [1.54, 1.807) is 0 Å². The molecule has 0 aromatic heterocycles. The van der Waals surface area contributed by atoms with Crippen molar-refractivity contribution in [3.05, 3.63) is 35.4 Å². The highest BCUT2D eigenvalue weighted by Crippen LogP contribution is 2.19. The van der Waals surface area contributed by atoms with Gasteiger partial charge in [0.05, 0.1) is 0 Å². The van der Waals surface area contributed by atoms with Crippen LogP contribution in [0.5, 0.6) is 0 Å². The maximum absolute atomic E-state index is 12.6. The summed E-state index contributed by atoms with van der Waals surface area (Å²) in [4.78, 5) is 25.6. The number of hydrogen-bond donors (Lipinski definition) is 2. The minimum absolute atomic E-state index is 0.111. The molecule has 1 aliphatic rings. The Hall–Kier alpha value is -1.88. The number of aryl methyl sites for hydroxylation is 1. The lowest BCUT2D eigenvalue weighted by molar-refractivity contribution is -0.719. The van der Waals surface area contributed by atoms with Crippen molar-refractivity contribution < 1.29 is 14.9 Å². The van der Waals surface area contributed by atoms with E-state index >= 15 is 0 Å². The molecule has 1 aliphatic heterocycles. The standard InChI is InChI=1S/C20H31N3O2/c1-5-6-7-16-8-10-17(11-9-16)18(14(2)3)22-15(4)19(24)23-13-12-21-20(23)25/h8-11,14-15,18,22H,5-7,12-13H2,1-4H3,(H,21,25)/p+1/t15-,18-/m0/s1. The van der Waals surface area contributed by atoms with Crippen LogP contribution in [0.4, 0.5) is 4.79 Å². The smallest absolute Gasteiger partial charge is 0.324 e. The highest BCUT2D eigenvalue weighted by Gasteiger charge is 2.33. The quantitative estimate of drug-likeness (QED) is 0.758. The topological polar surface area (TPSA) is 66.0 Å². The van der Waals surface area contributed by atoms with E-state index in [-0.39, 0.29) is 24.0 Å². The van der Waals surface area contributed by atoms with E-state index in [4.69, 9.17) is 0 Å². The minimum Gasteiger partial charge on any atom is -0.336 e. The Bertz CT molecular complexity index is 583. The van der Waals surface area contributed by atoms with Gasteiger partial charge in [0.15, 0.2) is 6.04 Å². The maximum Gasteiger partial charge on any atom is 0.324 e. The van der Waals surface area contributed by atoms with Crippen LogP contribution < -0.4 is 10.6 Å². The molecule has 1 aromatic carbocycles. The van der Waals surface area contributed by atoms with Crippen molar-refractivity contribution in [3.63, 3.8) is 0 Å². The number of quaternary nitrogens is 1. The zero-order valence-electron chi connectivity index (χ0n) is 15.9. The van der Waals surface area contributed by atoms with Crippen LogP contribution in [0.15, 0.2) is 24.3 Å². The van der Waals surface area contributed by atoms with Gasteiger partial charge in [0, 0.05) is 24.6 Å². The predicted molar refractivity (Wildman–Crippen MR) is 99.1 cm³/mol. The van der Waals surface area contributed by atoms with Gasteiger partial charge < -0.3 is 10.6 Å². The Morgan fingerprint density at radius 1 is 1.24 bits per heavy atom. The minimum atomic E-state index is -0.281. The van der Waals surface area contributed by atoms with Crippen molar-refractivity contribution in [1.82, 2.24) is 10.2 Å². The molecule has 0 aliphatic carbocycles. The van der Waals surface area contributed by atoms with E-state index < -0.39 is 0 Å². The molecule has 0 unspecified atom stereocenters. The van der Waals surface area contributed by atoms with Crippen molar-refractivity contribution in [2.75, 3.05) is 13.1 Å². The molecule has 2 atom stereocenters. The lowest BCUT2D eigenvalue weighted by Gasteiger charge is -2.25. The summed E-state index contributed by atoms with van der Waals surface area (Å²) in [6.07, 6.45) is 3.53. The van der Waals surface area contributed by atoms with Crippen LogP contribution in [0.25, 0.3) is 0 Å². The van der Waals surface area contributed by atoms with Crippen molar-refractivity contribution in [2.45, 2.75) is 59.0 Å². The predicted octanol–water partition coefficient (Wildman–Crippen LogP) is 2.23. The summed E-state index contributed by atoms with van der Waals surface area (Å²) in [6, 6.07) is 8.42. The van der Waals surface area contributed by atoms with E-state index in [9.17, 15) is 9.59 Å². The highest BCUT2D eigenvalue weighted by molar-refractivity contribution is 5.97. The van der Waals surface area contributed by atoms with Crippen LogP contribution in [-0.4, -0.2) is 36.0 Å². The number of carbonyl (C=O) groups excluding carboxylic acids is 2. The van der Waals surface area contributed by atoms with Crippen LogP contribution in [0, 0.1) is 5.92 Å². The van der Waals surface area contributed by atoms with Gasteiger partial charge in [-0.2, -0.15) is 0 Å². The number of carbonyl (C=O) groups is 2. The van der Waals surface area contributed by atoms with Gasteiger partial charge in [0.2, 0.25) is 0 Å². The van der Waals surface area contributed by atoms with E-state index in [1.807, 2.05) is 6.92 Å². The van der Waals surface area contributed by atoms with E-state index in [0.29, 0.717) is 19.0 Å². The SMILES string of the molecule is CCCCc1ccc([C@@H]([NH2+][C@@H](C)C(=O)N2CCNC2=O)C(C)C)cc1. The third-order valence-corrected chi connectivity index (χ3v) is 4.91. The number of nitrogens with zero attached hydrogens (tertiary/aromatic N) is 1. The largest absolute Gasteiger partial charge is 0.336 e. The van der Waals surface area contributed by atoms with Gasteiger partial charge in [0.25, 0.3) is 5.91 Å². The number of benzene rings is 1. The van der Waals surface area contributed by atoms with Crippen LogP contribution >= 0.6 is 0 Å². The van der Waals surface area contributed by atoms with Crippen LogP contribution in [0.2, 0.25) is 0 Å². The van der Waals surface area contributed by atoms with Gasteiger partial charge in [-0.3, -0.25) is 9.69 Å². The molecule has 3 amide bonds. The zero-order chi connectivity index (χ0) is 18.4. The molecule has 5 nitrogen and oxygen atoms in total. The molecule has 1 fully saturated rings. The average molecular weight is 346 g/mol. The lowest BCUT2D eigenvalue weighted by atomic mass is 9.93. The zero-order valence-corrected chi connectivity index (χ0v) is 15.9. The number of rotatable bonds is 8. The summed E-state index contributed by atoms with van der Waals surface area (Å²) >= 11 is 0. The summed E-state index contributed by atoms with van der Waals surface area (Å²) in [5.41, 5.74) is 2.60. The fourth-order valence-corrected chi connectivity index (χ4v) is 3.33. The molecule has 3 N–H and O–H groups in total. The first-order valence-electron chi connectivity index (χ1n) is 9.47. The van der Waals surface area contributed by atoms with Crippen LogP contribution in [-0.2, 0) is 11.2 Å². The number of urea groups is 1. The molecule has 1 aromatic rings. The number of unbranched alkanes of at least 4 members (excludes halogenated alkanes) is 1. The molecule has 5 heteroatoms. The third kappa shape index (κ3) is 5.05. The van der Waals surface area contributed by atoms with Crippen molar-refractivity contribution in [3.8, 4) is 0 Å². The summed E-state index contributed by atoms with van der Waals surface area (Å²) in [5, 5.41) is 4.79. The molecule has 0 bridgehead atoms. The van der Waals surface area contributed by atoms with Crippen molar-refractivity contribution in [2.24, 2.45) is 5.92 Å². The van der Waals surface area contributed by atoms with Gasteiger partial charge in [0.1, 0.15) is 6.04 Å². The second-order valence-corrected chi connectivity index (χ2v) is 7.32. The Kier molecular flexibility index (Phi) is 7.00. The van der Waals surface area contributed by atoms with E-state index in [2.05, 4.69) is 55.7 Å². The molecule has 1 heterocycles. The number of amides is 3. The molecule has 0 spiro atoms. The lowest BCUT2D eigenvalue weighted by Crippen LogP contribution is -2.93. The van der Waals surface area contributed by atoms with Crippen LogP contribution in [0.1, 0.15) is 57.7 Å².